The van der Waals surface area contributed by atoms with Crippen LogP contribution in [0.1, 0.15) is 17.4 Å². The molecule has 4 heterocycles. The van der Waals surface area contributed by atoms with Crippen molar-refractivity contribution < 1.29 is 4.74 Å². The summed E-state index contributed by atoms with van der Waals surface area (Å²) < 4.78 is 8.48. The van der Waals surface area contributed by atoms with Crippen LogP contribution in [0.4, 0.5) is 5.13 Å². The Labute approximate surface area is 150 Å². The molecule has 4 rings (SSSR count). The van der Waals surface area contributed by atoms with Gasteiger partial charge in [0.25, 0.3) is 0 Å². The lowest BCUT2D eigenvalue weighted by Crippen LogP contribution is -2.41. The monoisotopic (exact) mass is 358 g/mol. The van der Waals surface area contributed by atoms with E-state index >= 15 is 0 Å². The SMILES string of the molecule is Cc1nn(C)c2nc(NC[C@@H](c3ccccn3)N3CCOCC3)sc12. The Morgan fingerprint density at radius 1 is 1.32 bits per heavy atom. The quantitative estimate of drug-likeness (QED) is 0.754. The number of aryl methyl sites for hydroxylation is 2. The van der Waals surface area contributed by atoms with Crippen LogP contribution in [0.25, 0.3) is 10.3 Å². The molecule has 1 N–H and O–H groups in total. The maximum Gasteiger partial charge on any atom is 0.185 e. The number of pyridine rings is 1. The maximum atomic E-state index is 5.50. The van der Waals surface area contributed by atoms with E-state index in [1.54, 1.807) is 11.3 Å². The van der Waals surface area contributed by atoms with E-state index in [4.69, 9.17) is 4.74 Å². The van der Waals surface area contributed by atoms with Crippen LogP contribution < -0.4 is 5.32 Å². The van der Waals surface area contributed by atoms with Gasteiger partial charge in [-0.05, 0) is 19.1 Å². The molecule has 25 heavy (non-hydrogen) atoms. The van der Waals surface area contributed by atoms with E-state index in [2.05, 4.69) is 31.3 Å². The second-order valence-electron chi connectivity index (χ2n) is 6.18. The number of hydrogen-bond donors (Lipinski definition) is 1. The Kier molecular flexibility index (Phi) is 4.65. The molecule has 3 aromatic rings. The van der Waals surface area contributed by atoms with E-state index in [1.807, 2.05) is 37.0 Å². The van der Waals surface area contributed by atoms with Crippen LogP contribution in [0.2, 0.25) is 0 Å². The molecule has 0 unspecified atom stereocenters. The molecule has 0 spiro atoms. The predicted molar refractivity (Wildman–Crippen MR) is 99.0 cm³/mol. The number of morpholine rings is 1. The largest absolute Gasteiger partial charge is 0.379 e. The minimum Gasteiger partial charge on any atom is -0.379 e. The van der Waals surface area contributed by atoms with Crippen LogP contribution in [-0.2, 0) is 11.8 Å². The number of ether oxygens (including phenoxy) is 1. The van der Waals surface area contributed by atoms with E-state index in [-0.39, 0.29) is 6.04 Å². The zero-order valence-corrected chi connectivity index (χ0v) is 15.3. The van der Waals surface area contributed by atoms with Gasteiger partial charge in [0.1, 0.15) is 0 Å². The Balaban J connectivity index is 1.54. The summed E-state index contributed by atoms with van der Waals surface area (Å²) in [6.45, 7) is 6.18. The number of rotatable bonds is 5. The fourth-order valence-electron chi connectivity index (χ4n) is 3.23. The zero-order chi connectivity index (χ0) is 17.2. The van der Waals surface area contributed by atoms with Crippen LogP contribution in [0.3, 0.4) is 0 Å². The van der Waals surface area contributed by atoms with Crippen molar-refractivity contribution in [2.75, 3.05) is 38.2 Å². The molecule has 0 bridgehead atoms. The first-order valence-corrected chi connectivity index (χ1v) is 9.31. The highest BCUT2D eigenvalue weighted by molar-refractivity contribution is 7.22. The Morgan fingerprint density at radius 2 is 2.16 bits per heavy atom. The summed E-state index contributed by atoms with van der Waals surface area (Å²) in [5, 5.41) is 8.86. The standard InChI is InChI=1S/C17H22N6OS/c1-12-15-16(22(2)21-12)20-17(25-15)19-11-14(13-5-3-4-6-18-13)23-7-9-24-10-8-23/h3-6,14H,7-11H2,1-2H3,(H,19,20)/t14-/m0/s1. The minimum absolute atomic E-state index is 0.205. The number of aromatic nitrogens is 4. The Bertz CT molecular complexity index is 805. The number of hydrogen-bond acceptors (Lipinski definition) is 7. The average molecular weight is 358 g/mol. The second kappa shape index (κ2) is 7.07. The van der Waals surface area contributed by atoms with Gasteiger partial charge < -0.3 is 10.1 Å². The van der Waals surface area contributed by atoms with Gasteiger partial charge in [-0.25, -0.2) is 9.67 Å². The van der Waals surface area contributed by atoms with Crippen molar-refractivity contribution in [3.05, 3.63) is 35.8 Å². The fourth-order valence-corrected chi connectivity index (χ4v) is 4.17. The second-order valence-corrected chi connectivity index (χ2v) is 7.18. The third kappa shape index (κ3) is 3.37. The summed E-state index contributed by atoms with van der Waals surface area (Å²) in [6, 6.07) is 6.30. The lowest BCUT2D eigenvalue weighted by atomic mass is 10.1. The molecule has 3 aromatic heterocycles. The van der Waals surface area contributed by atoms with Gasteiger partial charge >= 0.3 is 0 Å². The van der Waals surface area contributed by atoms with Crippen molar-refractivity contribution in [2.45, 2.75) is 13.0 Å². The van der Waals surface area contributed by atoms with Crippen LogP contribution in [-0.4, -0.2) is 57.5 Å². The summed E-state index contributed by atoms with van der Waals surface area (Å²) >= 11 is 1.66. The number of anilines is 1. The Hall–Kier alpha value is -2.03. The van der Waals surface area contributed by atoms with Gasteiger partial charge in [-0.1, -0.05) is 17.4 Å². The summed E-state index contributed by atoms with van der Waals surface area (Å²) in [5.41, 5.74) is 3.04. The van der Waals surface area contributed by atoms with Crippen molar-refractivity contribution in [3.63, 3.8) is 0 Å². The summed E-state index contributed by atoms with van der Waals surface area (Å²) in [5.74, 6) is 0. The van der Waals surface area contributed by atoms with Crippen LogP contribution >= 0.6 is 11.3 Å². The fraction of sp³-hybridized carbons (Fsp3) is 0.471. The van der Waals surface area contributed by atoms with Crippen molar-refractivity contribution >= 4 is 26.8 Å². The average Bonchev–Trinajstić information content (AvgIpc) is 3.18. The normalized spacial score (nSPS) is 17.0. The molecule has 1 fully saturated rings. The van der Waals surface area contributed by atoms with Crippen LogP contribution in [0.5, 0.6) is 0 Å². The van der Waals surface area contributed by atoms with Crippen LogP contribution in [0.15, 0.2) is 24.4 Å². The highest BCUT2D eigenvalue weighted by Gasteiger charge is 2.24. The Morgan fingerprint density at radius 3 is 2.88 bits per heavy atom. The van der Waals surface area contributed by atoms with Crippen LogP contribution in [0, 0.1) is 6.92 Å². The highest BCUT2D eigenvalue weighted by Crippen LogP contribution is 2.29. The minimum atomic E-state index is 0.205. The van der Waals surface area contributed by atoms with Gasteiger partial charge in [-0.2, -0.15) is 5.10 Å². The molecule has 0 aromatic carbocycles. The van der Waals surface area contributed by atoms with E-state index in [9.17, 15) is 0 Å². The van der Waals surface area contributed by atoms with Crippen molar-refractivity contribution in [3.8, 4) is 0 Å². The molecule has 0 aliphatic carbocycles. The first-order valence-electron chi connectivity index (χ1n) is 8.49. The molecular weight excluding hydrogens is 336 g/mol. The predicted octanol–water partition coefficient (Wildman–Crippen LogP) is 2.22. The first kappa shape index (κ1) is 16.4. The van der Waals surface area contributed by atoms with E-state index in [1.165, 1.54) is 0 Å². The molecule has 1 aliphatic rings. The highest BCUT2D eigenvalue weighted by atomic mass is 32.1. The number of thiazole rings is 1. The maximum absolute atomic E-state index is 5.50. The summed E-state index contributed by atoms with van der Waals surface area (Å²) in [7, 11) is 1.93. The molecule has 1 saturated heterocycles. The van der Waals surface area contributed by atoms with Gasteiger partial charge in [0.05, 0.1) is 35.3 Å². The van der Waals surface area contributed by atoms with Gasteiger partial charge in [0, 0.05) is 32.9 Å². The third-order valence-electron chi connectivity index (χ3n) is 4.51. The van der Waals surface area contributed by atoms with Gasteiger partial charge in [0.2, 0.25) is 0 Å². The van der Waals surface area contributed by atoms with Gasteiger partial charge in [-0.3, -0.25) is 9.88 Å². The molecule has 7 nitrogen and oxygen atoms in total. The molecule has 1 aliphatic heterocycles. The van der Waals surface area contributed by atoms with Crippen molar-refractivity contribution in [2.24, 2.45) is 7.05 Å². The topological polar surface area (TPSA) is 68.1 Å². The zero-order valence-electron chi connectivity index (χ0n) is 14.5. The molecule has 0 radical (unpaired) electrons. The summed E-state index contributed by atoms with van der Waals surface area (Å²) in [4.78, 5) is 11.7. The lowest BCUT2D eigenvalue weighted by molar-refractivity contribution is 0.0179. The van der Waals surface area contributed by atoms with E-state index in [0.717, 1.165) is 59.7 Å². The van der Waals surface area contributed by atoms with Gasteiger partial charge in [0.15, 0.2) is 10.8 Å². The molecule has 132 valence electrons. The molecule has 8 heteroatoms. The number of nitrogens with one attached hydrogen (secondary N) is 1. The third-order valence-corrected chi connectivity index (χ3v) is 5.62. The molecule has 0 saturated carbocycles. The number of nitrogens with zero attached hydrogens (tertiary/aromatic N) is 5. The van der Waals surface area contributed by atoms with Crippen molar-refractivity contribution in [1.82, 2.24) is 24.6 Å². The lowest BCUT2D eigenvalue weighted by Gasteiger charge is -2.34. The van der Waals surface area contributed by atoms with Gasteiger partial charge in [-0.15, -0.1) is 0 Å². The van der Waals surface area contributed by atoms with E-state index < -0.39 is 0 Å². The van der Waals surface area contributed by atoms with E-state index in [0.29, 0.717) is 0 Å². The summed E-state index contributed by atoms with van der Waals surface area (Å²) in [6.07, 6.45) is 1.86. The number of fused-ring (bicyclic) bond motifs is 1. The molecule has 1 atom stereocenters. The smallest absolute Gasteiger partial charge is 0.185 e. The first-order chi connectivity index (χ1) is 12.2. The molecular formula is C17H22N6OS. The van der Waals surface area contributed by atoms with Crippen molar-refractivity contribution in [1.29, 1.82) is 0 Å². The molecule has 0 amide bonds.